The van der Waals surface area contributed by atoms with Crippen molar-refractivity contribution in [2.75, 3.05) is 24.7 Å². The molecule has 0 saturated carbocycles. The quantitative estimate of drug-likeness (QED) is 0.612. The minimum atomic E-state index is -1.18. The van der Waals surface area contributed by atoms with Gasteiger partial charge in [0.15, 0.2) is 5.54 Å². The van der Waals surface area contributed by atoms with Gasteiger partial charge in [0.05, 0.1) is 6.61 Å². The van der Waals surface area contributed by atoms with E-state index in [2.05, 4.69) is 10.6 Å². The summed E-state index contributed by atoms with van der Waals surface area (Å²) >= 11 is 1.56. The second-order valence-electron chi connectivity index (χ2n) is 6.60. The number of para-hydroxylation sites is 1. The van der Waals surface area contributed by atoms with Gasteiger partial charge in [-0.15, -0.1) is 11.8 Å². The molecule has 4 rings (SSSR count). The molecule has 1 spiro atoms. The molecule has 2 aliphatic heterocycles. The summed E-state index contributed by atoms with van der Waals surface area (Å²) in [5.74, 6) is -0.289. The first-order valence-electron chi connectivity index (χ1n) is 8.84. The highest BCUT2D eigenvalue weighted by molar-refractivity contribution is 7.98. The number of anilines is 1. The van der Waals surface area contributed by atoms with Gasteiger partial charge in [0.2, 0.25) is 5.91 Å². The Morgan fingerprint density at radius 1 is 1.25 bits per heavy atom. The van der Waals surface area contributed by atoms with Gasteiger partial charge in [0.1, 0.15) is 12.3 Å². The second kappa shape index (κ2) is 7.20. The summed E-state index contributed by atoms with van der Waals surface area (Å²) in [6, 6.07) is 13.9. The maximum atomic E-state index is 13.1. The molecular formula is C20H19N3O4S. The summed E-state index contributed by atoms with van der Waals surface area (Å²) in [6.07, 6.45) is 2.27. The molecule has 7 nitrogen and oxygen atoms in total. The first kappa shape index (κ1) is 18.4. The van der Waals surface area contributed by atoms with E-state index in [1.807, 2.05) is 30.5 Å². The fourth-order valence-corrected chi connectivity index (χ4v) is 4.02. The molecule has 2 aromatic rings. The summed E-state index contributed by atoms with van der Waals surface area (Å²) in [6.45, 7) is -0.0382. The molecule has 2 N–H and O–H groups in total. The van der Waals surface area contributed by atoms with E-state index in [-0.39, 0.29) is 6.54 Å². The topological polar surface area (TPSA) is 87.7 Å². The maximum Gasteiger partial charge on any atom is 0.325 e. The molecule has 2 aromatic carbocycles. The molecule has 144 valence electrons. The van der Waals surface area contributed by atoms with Gasteiger partial charge in [-0.05, 0) is 30.5 Å². The largest absolute Gasteiger partial charge is 0.493 e. The van der Waals surface area contributed by atoms with Crippen molar-refractivity contribution in [3.05, 3.63) is 54.1 Å². The van der Waals surface area contributed by atoms with Crippen molar-refractivity contribution in [1.82, 2.24) is 10.2 Å². The summed E-state index contributed by atoms with van der Waals surface area (Å²) < 4.78 is 5.61. The van der Waals surface area contributed by atoms with Crippen molar-refractivity contribution in [2.24, 2.45) is 0 Å². The SMILES string of the molecule is CSc1cccc(NC(=O)CN2C(=O)N[C@]3(CCOc4ccccc43)C2=O)c1. The Morgan fingerprint density at radius 2 is 2.07 bits per heavy atom. The lowest BCUT2D eigenvalue weighted by Gasteiger charge is -2.33. The van der Waals surface area contributed by atoms with Gasteiger partial charge in [-0.3, -0.25) is 14.5 Å². The van der Waals surface area contributed by atoms with Crippen LogP contribution in [0, 0.1) is 0 Å². The van der Waals surface area contributed by atoms with Crippen LogP contribution in [0.2, 0.25) is 0 Å². The van der Waals surface area contributed by atoms with Gasteiger partial charge in [-0.25, -0.2) is 4.79 Å². The van der Waals surface area contributed by atoms with Crippen LogP contribution in [-0.2, 0) is 15.1 Å². The third-order valence-corrected chi connectivity index (χ3v) is 5.64. The number of benzene rings is 2. The van der Waals surface area contributed by atoms with Crippen molar-refractivity contribution in [3.8, 4) is 5.75 Å². The normalized spacial score (nSPS) is 20.5. The Hall–Kier alpha value is -3.00. The molecule has 4 amide bonds. The third-order valence-electron chi connectivity index (χ3n) is 4.91. The lowest BCUT2D eigenvalue weighted by Crippen LogP contribution is -2.48. The standard InChI is InChI=1S/C20H19N3O4S/c1-28-14-6-4-5-13(11-14)21-17(24)12-23-18(25)20(22-19(23)26)9-10-27-16-8-3-2-7-15(16)20/h2-8,11H,9-10,12H2,1H3,(H,21,24)(H,22,26)/t20-/m0/s1. The van der Waals surface area contributed by atoms with Crippen LogP contribution in [0.1, 0.15) is 12.0 Å². The highest BCUT2D eigenvalue weighted by Gasteiger charge is 2.55. The highest BCUT2D eigenvalue weighted by Crippen LogP contribution is 2.40. The zero-order valence-electron chi connectivity index (χ0n) is 15.2. The Morgan fingerprint density at radius 3 is 2.89 bits per heavy atom. The molecule has 0 aliphatic carbocycles. The summed E-state index contributed by atoms with van der Waals surface area (Å²) in [5, 5.41) is 5.53. The first-order valence-corrected chi connectivity index (χ1v) is 10.1. The number of imide groups is 1. The number of carbonyl (C=O) groups excluding carboxylic acids is 3. The van der Waals surface area contributed by atoms with Gasteiger partial charge in [0, 0.05) is 22.6 Å². The molecule has 1 saturated heterocycles. The Balaban J connectivity index is 1.53. The number of hydrogen-bond donors (Lipinski definition) is 2. The van der Waals surface area contributed by atoms with E-state index in [9.17, 15) is 14.4 Å². The molecule has 28 heavy (non-hydrogen) atoms. The van der Waals surface area contributed by atoms with Crippen LogP contribution in [0.15, 0.2) is 53.4 Å². The zero-order chi connectivity index (χ0) is 19.7. The van der Waals surface area contributed by atoms with Crippen molar-refractivity contribution in [2.45, 2.75) is 16.9 Å². The lowest BCUT2D eigenvalue weighted by atomic mass is 9.84. The van der Waals surface area contributed by atoms with Crippen LogP contribution >= 0.6 is 11.8 Å². The lowest BCUT2D eigenvalue weighted by molar-refractivity contribution is -0.135. The number of nitrogens with one attached hydrogen (secondary N) is 2. The van der Waals surface area contributed by atoms with Crippen LogP contribution in [0.3, 0.4) is 0 Å². The van der Waals surface area contributed by atoms with Gasteiger partial charge in [-0.2, -0.15) is 0 Å². The second-order valence-corrected chi connectivity index (χ2v) is 7.48. The number of ether oxygens (including phenoxy) is 1. The molecule has 1 atom stereocenters. The fraction of sp³-hybridized carbons (Fsp3) is 0.250. The maximum absolute atomic E-state index is 13.1. The minimum absolute atomic E-state index is 0.310. The number of amides is 4. The van der Waals surface area contributed by atoms with Crippen LogP contribution in [0.5, 0.6) is 5.75 Å². The number of rotatable bonds is 4. The average molecular weight is 397 g/mol. The molecule has 2 aliphatic rings. The Bertz CT molecular complexity index is 964. The van der Waals surface area contributed by atoms with E-state index in [4.69, 9.17) is 4.74 Å². The van der Waals surface area contributed by atoms with E-state index in [1.165, 1.54) is 0 Å². The van der Waals surface area contributed by atoms with E-state index in [0.717, 1.165) is 9.80 Å². The van der Waals surface area contributed by atoms with E-state index < -0.39 is 23.4 Å². The number of fused-ring (bicyclic) bond motifs is 2. The van der Waals surface area contributed by atoms with Crippen LogP contribution < -0.4 is 15.4 Å². The number of hydrogen-bond acceptors (Lipinski definition) is 5. The third kappa shape index (κ3) is 3.09. The van der Waals surface area contributed by atoms with Gasteiger partial charge < -0.3 is 15.4 Å². The molecule has 0 bridgehead atoms. The van der Waals surface area contributed by atoms with E-state index in [1.54, 1.807) is 36.0 Å². The van der Waals surface area contributed by atoms with Crippen LogP contribution in [0.4, 0.5) is 10.5 Å². The smallest absolute Gasteiger partial charge is 0.325 e. The van der Waals surface area contributed by atoms with Crippen molar-refractivity contribution < 1.29 is 19.1 Å². The van der Waals surface area contributed by atoms with Gasteiger partial charge in [0.25, 0.3) is 5.91 Å². The average Bonchev–Trinajstić information content (AvgIpc) is 2.93. The molecule has 0 unspecified atom stereocenters. The predicted molar refractivity (Wildman–Crippen MR) is 105 cm³/mol. The van der Waals surface area contributed by atoms with Crippen LogP contribution in [-0.4, -0.2) is 42.2 Å². The number of carbonyl (C=O) groups is 3. The molecule has 2 heterocycles. The predicted octanol–water partition coefficient (Wildman–Crippen LogP) is 2.58. The molecule has 0 radical (unpaired) electrons. The van der Waals surface area contributed by atoms with Crippen molar-refractivity contribution >= 4 is 35.3 Å². The molecular weight excluding hydrogens is 378 g/mol. The molecule has 1 fully saturated rings. The first-order chi connectivity index (χ1) is 13.5. The molecule has 0 aromatic heterocycles. The van der Waals surface area contributed by atoms with E-state index >= 15 is 0 Å². The zero-order valence-corrected chi connectivity index (χ0v) is 16.0. The number of urea groups is 1. The van der Waals surface area contributed by atoms with E-state index in [0.29, 0.717) is 30.0 Å². The Kier molecular flexibility index (Phi) is 4.72. The van der Waals surface area contributed by atoms with Gasteiger partial charge in [-0.1, -0.05) is 24.3 Å². The summed E-state index contributed by atoms with van der Waals surface area (Å²) in [7, 11) is 0. The highest BCUT2D eigenvalue weighted by atomic mass is 32.2. The number of thioether (sulfide) groups is 1. The molecule has 8 heteroatoms. The monoisotopic (exact) mass is 397 g/mol. The van der Waals surface area contributed by atoms with Crippen LogP contribution in [0.25, 0.3) is 0 Å². The van der Waals surface area contributed by atoms with Crippen molar-refractivity contribution in [3.63, 3.8) is 0 Å². The van der Waals surface area contributed by atoms with Crippen molar-refractivity contribution in [1.29, 1.82) is 0 Å². The van der Waals surface area contributed by atoms with Gasteiger partial charge >= 0.3 is 6.03 Å². The number of nitrogens with zero attached hydrogens (tertiary/aromatic N) is 1. The minimum Gasteiger partial charge on any atom is -0.493 e. The summed E-state index contributed by atoms with van der Waals surface area (Å²) in [5.41, 5.74) is 0.0653. The summed E-state index contributed by atoms with van der Waals surface area (Å²) in [4.78, 5) is 40.1. The fourth-order valence-electron chi connectivity index (χ4n) is 3.56. The Labute approximate surface area is 166 Å².